The summed E-state index contributed by atoms with van der Waals surface area (Å²) in [6.07, 6.45) is 5.24. The molecule has 0 amide bonds. The fraction of sp³-hybridized carbons (Fsp3) is 0. The molecule has 4 aromatic rings. The van der Waals surface area contributed by atoms with Crippen LogP contribution in [0.25, 0.3) is 27.1 Å². The Kier molecular flexibility index (Phi) is 2.97. The lowest BCUT2D eigenvalue weighted by Gasteiger charge is -1.96. The van der Waals surface area contributed by atoms with E-state index in [0.717, 1.165) is 25.7 Å². The average Bonchev–Trinajstić information content (AvgIpc) is 3.08. The van der Waals surface area contributed by atoms with Gasteiger partial charge in [0.25, 0.3) is 0 Å². The van der Waals surface area contributed by atoms with Crippen molar-refractivity contribution in [2.45, 2.75) is 0 Å². The standard InChI is InChI=1S/C13H7BrN6S/c14-9-5-8(6-15-7-9)12-19-20-11(17-18-13(20)21-12)10-3-1-2-4-16-10/h1-7H. The Morgan fingerprint density at radius 3 is 2.90 bits per heavy atom. The second kappa shape index (κ2) is 4.97. The zero-order valence-electron chi connectivity index (χ0n) is 10.5. The number of hydrogen-bond donors (Lipinski definition) is 0. The predicted octanol–water partition coefficient (Wildman–Crippen LogP) is 3.07. The van der Waals surface area contributed by atoms with E-state index in [0.29, 0.717) is 5.82 Å². The van der Waals surface area contributed by atoms with Gasteiger partial charge in [0.1, 0.15) is 10.7 Å². The molecule has 4 aromatic heterocycles. The first kappa shape index (κ1) is 12.5. The fourth-order valence-electron chi connectivity index (χ4n) is 1.92. The molecular formula is C13H7BrN6S. The molecule has 6 nitrogen and oxygen atoms in total. The van der Waals surface area contributed by atoms with E-state index in [9.17, 15) is 0 Å². The van der Waals surface area contributed by atoms with E-state index in [2.05, 4.69) is 41.2 Å². The van der Waals surface area contributed by atoms with Crippen LogP contribution in [0, 0.1) is 0 Å². The van der Waals surface area contributed by atoms with Crippen LogP contribution >= 0.6 is 27.3 Å². The lowest BCUT2D eigenvalue weighted by Crippen LogP contribution is -1.92. The molecule has 4 rings (SSSR count). The van der Waals surface area contributed by atoms with Crippen molar-refractivity contribution in [3.05, 3.63) is 47.3 Å². The van der Waals surface area contributed by atoms with Crippen LogP contribution < -0.4 is 0 Å². The molecule has 8 heteroatoms. The van der Waals surface area contributed by atoms with Crippen molar-refractivity contribution >= 4 is 32.2 Å². The molecule has 0 bridgehead atoms. The van der Waals surface area contributed by atoms with Crippen LogP contribution in [0.15, 0.2) is 47.3 Å². The van der Waals surface area contributed by atoms with Gasteiger partial charge in [0.05, 0.1) is 0 Å². The number of hydrogen-bond acceptors (Lipinski definition) is 6. The highest BCUT2D eigenvalue weighted by molar-refractivity contribution is 9.10. The van der Waals surface area contributed by atoms with Crippen LogP contribution in [-0.2, 0) is 0 Å². The van der Waals surface area contributed by atoms with Gasteiger partial charge < -0.3 is 0 Å². The smallest absolute Gasteiger partial charge is 0.235 e. The third-order valence-corrected chi connectivity index (χ3v) is 4.22. The Morgan fingerprint density at radius 1 is 1.14 bits per heavy atom. The van der Waals surface area contributed by atoms with Gasteiger partial charge in [0.2, 0.25) is 10.8 Å². The predicted molar refractivity (Wildman–Crippen MR) is 82.8 cm³/mol. The van der Waals surface area contributed by atoms with Gasteiger partial charge in [-0.2, -0.15) is 9.61 Å². The molecule has 102 valence electrons. The molecule has 0 spiro atoms. The van der Waals surface area contributed by atoms with Gasteiger partial charge in [-0.3, -0.25) is 9.97 Å². The van der Waals surface area contributed by atoms with Gasteiger partial charge in [-0.1, -0.05) is 17.4 Å². The van der Waals surface area contributed by atoms with Crippen LogP contribution in [0.2, 0.25) is 0 Å². The average molecular weight is 359 g/mol. The summed E-state index contributed by atoms with van der Waals surface area (Å²) in [7, 11) is 0. The quantitative estimate of drug-likeness (QED) is 0.550. The Balaban J connectivity index is 1.87. The molecule has 0 saturated heterocycles. The van der Waals surface area contributed by atoms with Crippen molar-refractivity contribution in [3.8, 4) is 22.1 Å². The second-order valence-corrected chi connectivity index (χ2v) is 6.10. The van der Waals surface area contributed by atoms with E-state index in [1.807, 2.05) is 24.3 Å². The summed E-state index contributed by atoms with van der Waals surface area (Å²) in [4.78, 5) is 9.17. The summed E-state index contributed by atoms with van der Waals surface area (Å²) in [6, 6.07) is 7.63. The molecule has 4 heterocycles. The van der Waals surface area contributed by atoms with Gasteiger partial charge in [0, 0.05) is 28.6 Å². The molecule has 0 aliphatic rings. The first-order valence-corrected chi connectivity index (χ1v) is 7.67. The van der Waals surface area contributed by atoms with Gasteiger partial charge >= 0.3 is 0 Å². The molecular weight excluding hydrogens is 352 g/mol. The largest absolute Gasteiger partial charge is 0.263 e. The maximum atomic E-state index is 4.57. The Bertz CT molecular complexity index is 917. The van der Waals surface area contributed by atoms with Gasteiger partial charge in [-0.25, -0.2) is 0 Å². The van der Waals surface area contributed by atoms with E-state index < -0.39 is 0 Å². The molecule has 0 radical (unpaired) electrons. The van der Waals surface area contributed by atoms with Crippen molar-refractivity contribution in [1.82, 2.24) is 29.8 Å². The minimum atomic E-state index is 0.635. The van der Waals surface area contributed by atoms with E-state index in [4.69, 9.17) is 0 Å². The summed E-state index contributed by atoms with van der Waals surface area (Å²) >= 11 is 4.88. The zero-order chi connectivity index (χ0) is 14.2. The molecule has 0 aliphatic heterocycles. The Labute approximate surface area is 131 Å². The first-order chi connectivity index (χ1) is 10.3. The number of pyridine rings is 2. The topological polar surface area (TPSA) is 68.9 Å². The van der Waals surface area contributed by atoms with Crippen molar-refractivity contribution < 1.29 is 0 Å². The van der Waals surface area contributed by atoms with Crippen molar-refractivity contribution in [1.29, 1.82) is 0 Å². The molecule has 0 aromatic carbocycles. The maximum absolute atomic E-state index is 4.57. The molecule has 0 unspecified atom stereocenters. The van der Waals surface area contributed by atoms with Gasteiger partial charge in [-0.05, 0) is 34.1 Å². The summed E-state index contributed by atoms with van der Waals surface area (Å²) < 4.78 is 2.62. The lowest BCUT2D eigenvalue weighted by molar-refractivity contribution is 0.961. The monoisotopic (exact) mass is 358 g/mol. The Hall–Kier alpha value is -2.19. The normalized spacial score (nSPS) is 11.1. The highest BCUT2D eigenvalue weighted by Crippen LogP contribution is 2.28. The molecule has 21 heavy (non-hydrogen) atoms. The summed E-state index contributed by atoms with van der Waals surface area (Å²) in [6.45, 7) is 0. The second-order valence-electron chi connectivity index (χ2n) is 4.23. The number of halogens is 1. The highest BCUT2D eigenvalue weighted by Gasteiger charge is 2.15. The van der Waals surface area contributed by atoms with Crippen LogP contribution in [0.4, 0.5) is 0 Å². The van der Waals surface area contributed by atoms with Crippen LogP contribution in [0.3, 0.4) is 0 Å². The summed E-state index contributed by atoms with van der Waals surface area (Å²) in [5.41, 5.74) is 1.68. The Morgan fingerprint density at radius 2 is 2.10 bits per heavy atom. The third kappa shape index (κ3) is 2.22. The highest BCUT2D eigenvalue weighted by atomic mass is 79.9. The molecule has 0 N–H and O–H groups in total. The van der Waals surface area contributed by atoms with Gasteiger partial charge in [0.15, 0.2) is 0 Å². The van der Waals surface area contributed by atoms with Crippen LogP contribution in [0.1, 0.15) is 0 Å². The number of nitrogens with zero attached hydrogens (tertiary/aromatic N) is 6. The van der Waals surface area contributed by atoms with Crippen molar-refractivity contribution in [2.75, 3.05) is 0 Å². The summed E-state index contributed by atoms with van der Waals surface area (Å²) in [5.74, 6) is 0.635. The third-order valence-electron chi connectivity index (χ3n) is 2.84. The van der Waals surface area contributed by atoms with Crippen LogP contribution in [0.5, 0.6) is 0 Å². The lowest BCUT2D eigenvalue weighted by atomic mass is 10.3. The van der Waals surface area contributed by atoms with Gasteiger partial charge in [-0.15, -0.1) is 10.2 Å². The molecule has 0 atom stereocenters. The van der Waals surface area contributed by atoms with E-state index in [1.165, 1.54) is 11.3 Å². The number of rotatable bonds is 2. The van der Waals surface area contributed by atoms with E-state index >= 15 is 0 Å². The van der Waals surface area contributed by atoms with Crippen molar-refractivity contribution in [2.24, 2.45) is 0 Å². The van der Waals surface area contributed by atoms with E-state index in [1.54, 1.807) is 23.1 Å². The minimum Gasteiger partial charge on any atom is -0.263 e. The van der Waals surface area contributed by atoms with Crippen molar-refractivity contribution in [3.63, 3.8) is 0 Å². The molecule has 0 saturated carbocycles. The zero-order valence-corrected chi connectivity index (χ0v) is 12.9. The van der Waals surface area contributed by atoms with Crippen LogP contribution in [-0.4, -0.2) is 29.8 Å². The molecule has 0 aliphatic carbocycles. The number of fused-ring (bicyclic) bond motifs is 1. The minimum absolute atomic E-state index is 0.635. The number of aromatic nitrogens is 6. The maximum Gasteiger partial charge on any atom is 0.235 e. The van der Waals surface area contributed by atoms with E-state index in [-0.39, 0.29) is 0 Å². The SMILES string of the molecule is Brc1cncc(-c2nn3c(-c4ccccn4)nnc3s2)c1. The summed E-state index contributed by atoms with van der Waals surface area (Å²) in [5, 5.41) is 13.7. The molecule has 0 fully saturated rings. The fourth-order valence-corrected chi connectivity index (χ4v) is 3.10. The first-order valence-electron chi connectivity index (χ1n) is 6.06.